The highest BCUT2D eigenvalue weighted by Crippen LogP contribution is 2.21. The molecule has 4 heteroatoms. The van der Waals surface area contributed by atoms with E-state index in [0.717, 1.165) is 11.4 Å². The molecule has 82 valence electrons. The third-order valence-corrected chi connectivity index (χ3v) is 2.88. The van der Waals surface area contributed by atoms with Gasteiger partial charge in [-0.2, -0.15) is 0 Å². The summed E-state index contributed by atoms with van der Waals surface area (Å²) in [4.78, 5) is 13.8. The van der Waals surface area contributed by atoms with E-state index in [0.29, 0.717) is 0 Å². The predicted octanol–water partition coefficient (Wildman–Crippen LogP) is 1.72. The lowest BCUT2D eigenvalue weighted by molar-refractivity contribution is -0.116. The van der Waals surface area contributed by atoms with Crippen molar-refractivity contribution in [3.8, 4) is 0 Å². The van der Waals surface area contributed by atoms with Crippen LogP contribution in [0.4, 0.5) is 5.69 Å². The lowest BCUT2D eigenvalue weighted by Gasteiger charge is -2.17. The fraction of sp³-hybridized carbons (Fsp3) is 0.364. The molecule has 0 aromatic heterocycles. The number of nitrogens with two attached hydrogens (primary N) is 1. The van der Waals surface area contributed by atoms with Crippen molar-refractivity contribution in [1.82, 2.24) is 0 Å². The summed E-state index contributed by atoms with van der Waals surface area (Å²) in [6.07, 6.45) is 0. The molecule has 1 aromatic rings. The first-order chi connectivity index (χ1) is 7.13. The maximum Gasteiger partial charge on any atom is 0.236 e. The minimum atomic E-state index is -0.315. The summed E-state index contributed by atoms with van der Waals surface area (Å²) < 4.78 is 0. The quantitative estimate of drug-likeness (QED) is 0.775. The van der Waals surface area contributed by atoms with Crippen LogP contribution in [0.5, 0.6) is 0 Å². The molecule has 0 heterocycles. The third kappa shape index (κ3) is 3.83. The summed E-state index contributed by atoms with van der Waals surface area (Å²) in [7, 11) is 1.85. The molecule has 0 unspecified atom stereocenters. The number of carbonyl (C=O) groups is 1. The van der Waals surface area contributed by atoms with Gasteiger partial charge in [0.15, 0.2) is 0 Å². The number of hydrogen-bond donors (Lipinski definition) is 1. The number of amides is 1. The Morgan fingerprint density at radius 2 is 2.00 bits per heavy atom. The summed E-state index contributed by atoms with van der Waals surface area (Å²) in [5.74, 6) is 0.751. The summed E-state index contributed by atoms with van der Waals surface area (Å²) in [6.45, 7) is 2.37. The molecule has 0 bridgehead atoms. The van der Waals surface area contributed by atoms with Crippen molar-refractivity contribution >= 4 is 23.4 Å². The molecule has 3 nitrogen and oxygen atoms in total. The van der Waals surface area contributed by atoms with Crippen molar-refractivity contribution in [2.45, 2.75) is 11.8 Å². The van der Waals surface area contributed by atoms with E-state index in [-0.39, 0.29) is 12.5 Å². The van der Waals surface area contributed by atoms with Crippen molar-refractivity contribution in [3.05, 3.63) is 24.3 Å². The lowest BCUT2D eigenvalue weighted by atomic mass is 10.3. The second-order valence-electron chi connectivity index (χ2n) is 3.25. The van der Waals surface area contributed by atoms with Gasteiger partial charge in [0.25, 0.3) is 0 Å². The summed E-state index contributed by atoms with van der Waals surface area (Å²) in [6, 6.07) is 8.11. The van der Waals surface area contributed by atoms with Crippen LogP contribution in [-0.4, -0.2) is 25.3 Å². The zero-order valence-electron chi connectivity index (χ0n) is 9.06. The number of likely N-dealkylation sites (N-methyl/N-ethyl adjacent to an activating group) is 1. The van der Waals surface area contributed by atoms with Gasteiger partial charge in [0.2, 0.25) is 5.91 Å². The van der Waals surface area contributed by atoms with E-state index in [2.05, 4.69) is 19.1 Å². The van der Waals surface area contributed by atoms with Gasteiger partial charge in [-0.05, 0) is 30.0 Å². The molecule has 0 fully saturated rings. The van der Waals surface area contributed by atoms with Gasteiger partial charge >= 0.3 is 0 Å². The van der Waals surface area contributed by atoms with Gasteiger partial charge in [0, 0.05) is 17.6 Å². The number of nitrogens with zero attached hydrogens (tertiary/aromatic N) is 1. The highest BCUT2D eigenvalue weighted by Gasteiger charge is 2.03. The Balaban J connectivity index is 2.66. The van der Waals surface area contributed by atoms with Gasteiger partial charge < -0.3 is 10.6 Å². The largest absolute Gasteiger partial charge is 0.368 e. The Morgan fingerprint density at radius 3 is 2.47 bits per heavy atom. The van der Waals surface area contributed by atoms with Crippen LogP contribution >= 0.6 is 11.8 Å². The zero-order chi connectivity index (χ0) is 11.3. The van der Waals surface area contributed by atoms with E-state index in [1.807, 2.05) is 24.1 Å². The molecule has 0 aliphatic carbocycles. The number of hydrogen-bond acceptors (Lipinski definition) is 3. The van der Waals surface area contributed by atoms with E-state index >= 15 is 0 Å². The van der Waals surface area contributed by atoms with Crippen molar-refractivity contribution in [3.63, 3.8) is 0 Å². The summed E-state index contributed by atoms with van der Waals surface area (Å²) in [5.41, 5.74) is 6.13. The summed E-state index contributed by atoms with van der Waals surface area (Å²) in [5, 5.41) is 0. The Labute approximate surface area is 94.6 Å². The molecule has 0 aliphatic heterocycles. The topological polar surface area (TPSA) is 46.3 Å². The number of rotatable bonds is 5. The molecule has 0 spiro atoms. The van der Waals surface area contributed by atoms with E-state index in [9.17, 15) is 4.79 Å². The van der Waals surface area contributed by atoms with Crippen LogP contribution in [0.15, 0.2) is 29.2 Å². The van der Waals surface area contributed by atoms with Gasteiger partial charge in [-0.3, -0.25) is 4.79 Å². The first kappa shape index (κ1) is 11.9. The van der Waals surface area contributed by atoms with Crippen LogP contribution in [-0.2, 0) is 4.79 Å². The standard InChI is InChI=1S/C11H16N2OS/c1-3-15-10-6-4-9(5-7-10)13(2)8-11(12)14/h4-7H,3,8H2,1-2H3,(H2,12,14). The smallest absolute Gasteiger partial charge is 0.236 e. The maximum absolute atomic E-state index is 10.7. The molecule has 0 saturated heterocycles. The van der Waals surface area contributed by atoms with Crippen molar-refractivity contribution < 1.29 is 4.79 Å². The van der Waals surface area contributed by atoms with Gasteiger partial charge in [-0.1, -0.05) is 6.92 Å². The normalized spacial score (nSPS) is 10.0. The molecule has 0 saturated carbocycles. The molecule has 1 rings (SSSR count). The van der Waals surface area contributed by atoms with E-state index in [1.165, 1.54) is 4.90 Å². The van der Waals surface area contributed by atoms with Crippen LogP contribution in [0.2, 0.25) is 0 Å². The van der Waals surface area contributed by atoms with Crippen molar-refractivity contribution in [2.24, 2.45) is 5.73 Å². The van der Waals surface area contributed by atoms with Gasteiger partial charge in [0.1, 0.15) is 0 Å². The Hall–Kier alpha value is -1.16. The molecule has 1 aromatic carbocycles. The fourth-order valence-electron chi connectivity index (χ4n) is 1.29. The monoisotopic (exact) mass is 224 g/mol. The predicted molar refractivity (Wildman–Crippen MR) is 65.3 cm³/mol. The van der Waals surface area contributed by atoms with Crippen LogP contribution in [0.25, 0.3) is 0 Å². The number of thioether (sulfide) groups is 1. The SMILES string of the molecule is CCSc1ccc(N(C)CC(N)=O)cc1. The fourth-order valence-corrected chi connectivity index (χ4v) is 1.95. The summed E-state index contributed by atoms with van der Waals surface area (Å²) >= 11 is 1.80. The third-order valence-electron chi connectivity index (χ3n) is 1.98. The number of carbonyl (C=O) groups excluding carboxylic acids is 1. The maximum atomic E-state index is 10.7. The first-order valence-corrected chi connectivity index (χ1v) is 5.84. The van der Waals surface area contributed by atoms with E-state index < -0.39 is 0 Å². The molecule has 0 radical (unpaired) electrons. The Kier molecular flexibility index (Phi) is 4.49. The molecule has 2 N–H and O–H groups in total. The minimum absolute atomic E-state index is 0.250. The highest BCUT2D eigenvalue weighted by atomic mass is 32.2. The Morgan fingerprint density at radius 1 is 1.40 bits per heavy atom. The van der Waals surface area contributed by atoms with Crippen LogP contribution in [0.3, 0.4) is 0 Å². The van der Waals surface area contributed by atoms with Crippen LogP contribution < -0.4 is 10.6 Å². The van der Waals surface area contributed by atoms with Crippen LogP contribution in [0.1, 0.15) is 6.92 Å². The number of benzene rings is 1. The van der Waals surface area contributed by atoms with Gasteiger partial charge in [-0.15, -0.1) is 11.8 Å². The van der Waals surface area contributed by atoms with Gasteiger partial charge in [-0.25, -0.2) is 0 Å². The number of anilines is 1. The molecular weight excluding hydrogens is 208 g/mol. The van der Waals surface area contributed by atoms with E-state index in [1.54, 1.807) is 11.8 Å². The average molecular weight is 224 g/mol. The zero-order valence-corrected chi connectivity index (χ0v) is 9.88. The molecule has 15 heavy (non-hydrogen) atoms. The van der Waals surface area contributed by atoms with Crippen molar-refractivity contribution in [1.29, 1.82) is 0 Å². The molecule has 0 atom stereocenters. The number of primary amides is 1. The molecule has 0 aliphatic rings. The molecule has 1 amide bonds. The first-order valence-electron chi connectivity index (χ1n) is 4.85. The minimum Gasteiger partial charge on any atom is -0.368 e. The second kappa shape index (κ2) is 5.66. The lowest BCUT2D eigenvalue weighted by Crippen LogP contribution is -2.30. The van der Waals surface area contributed by atoms with E-state index in [4.69, 9.17) is 5.73 Å². The molecular formula is C11H16N2OS. The Bertz CT molecular complexity index is 324. The second-order valence-corrected chi connectivity index (χ2v) is 4.59. The van der Waals surface area contributed by atoms with Crippen molar-refractivity contribution in [2.75, 3.05) is 24.2 Å². The van der Waals surface area contributed by atoms with Gasteiger partial charge in [0.05, 0.1) is 6.54 Å². The van der Waals surface area contributed by atoms with Crippen LogP contribution in [0, 0.1) is 0 Å². The highest BCUT2D eigenvalue weighted by molar-refractivity contribution is 7.99. The average Bonchev–Trinajstić information content (AvgIpc) is 2.18.